The maximum absolute atomic E-state index is 13.2. The second kappa shape index (κ2) is 5.34. The maximum atomic E-state index is 13.2. The number of thioether (sulfide) groups is 1. The summed E-state index contributed by atoms with van der Waals surface area (Å²) in [4.78, 5) is 6.66. The number of nitrogens with zero attached hydrogens (tertiary/aromatic N) is 2. The molecule has 1 aromatic rings. The highest BCUT2D eigenvalue weighted by Gasteiger charge is 2.38. The molecule has 0 N–H and O–H groups in total. The van der Waals surface area contributed by atoms with Crippen LogP contribution in [0.15, 0.2) is 54.2 Å². The largest absolute Gasteiger partial charge is 0.358 e. The van der Waals surface area contributed by atoms with Gasteiger partial charge in [0, 0.05) is 48.3 Å². The first-order valence-corrected chi connectivity index (χ1v) is 8.43. The van der Waals surface area contributed by atoms with Crippen LogP contribution in [-0.4, -0.2) is 27.6 Å². The van der Waals surface area contributed by atoms with Crippen molar-refractivity contribution in [2.45, 2.75) is 18.2 Å². The molecule has 0 radical (unpaired) electrons. The highest BCUT2D eigenvalue weighted by Crippen LogP contribution is 2.47. The number of hydrogen-bond donors (Lipinski definition) is 0. The first kappa shape index (κ1) is 13.1. The molecule has 0 saturated carbocycles. The molecule has 2 unspecified atom stereocenters. The summed E-state index contributed by atoms with van der Waals surface area (Å²) in [7, 11) is 0. The van der Waals surface area contributed by atoms with E-state index in [-0.39, 0.29) is 5.83 Å². The fourth-order valence-corrected chi connectivity index (χ4v) is 4.72. The molecule has 0 bridgehead atoms. The number of pyridine rings is 1. The van der Waals surface area contributed by atoms with Gasteiger partial charge in [-0.1, -0.05) is 6.08 Å². The van der Waals surface area contributed by atoms with Crippen molar-refractivity contribution in [2.24, 2.45) is 5.92 Å². The Hall–Kier alpha value is -1.55. The van der Waals surface area contributed by atoms with Gasteiger partial charge in [0.15, 0.2) is 0 Å². The zero-order chi connectivity index (χ0) is 14.2. The van der Waals surface area contributed by atoms with E-state index in [4.69, 9.17) is 0 Å². The van der Waals surface area contributed by atoms with E-state index in [0.717, 1.165) is 19.4 Å². The van der Waals surface area contributed by atoms with Crippen LogP contribution in [0.1, 0.15) is 18.4 Å². The molecule has 1 aliphatic carbocycles. The van der Waals surface area contributed by atoms with Gasteiger partial charge >= 0.3 is 0 Å². The van der Waals surface area contributed by atoms with Gasteiger partial charge in [0.05, 0.1) is 5.37 Å². The number of hydrogen-bond acceptors (Lipinski definition) is 3. The Bertz CT molecular complexity index is 635. The quantitative estimate of drug-likeness (QED) is 0.821. The van der Waals surface area contributed by atoms with Crippen molar-refractivity contribution in [2.75, 3.05) is 12.3 Å². The third-order valence-electron chi connectivity index (χ3n) is 4.43. The van der Waals surface area contributed by atoms with Gasteiger partial charge in [0.1, 0.15) is 5.83 Å². The fourth-order valence-electron chi connectivity index (χ4n) is 3.46. The van der Waals surface area contributed by atoms with Crippen molar-refractivity contribution < 1.29 is 4.39 Å². The first-order valence-electron chi connectivity index (χ1n) is 7.38. The van der Waals surface area contributed by atoms with Gasteiger partial charge in [-0.05, 0) is 36.3 Å². The molecule has 1 aromatic heterocycles. The van der Waals surface area contributed by atoms with Crippen LogP contribution in [0.4, 0.5) is 4.39 Å². The molecule has 4 rings (SSSR count). The smallest absolute Gasteiger partial charge is 0.118 e. The van der Waals surface area contributed by atoms with Crippen LogP contribution < -0.4 is 0 Å². The van der Waals surface area contributed by atoms with Crippen LogP contribution >= 0.6 is 11.8 Å². The lowest BCUT2D eigenvalue weighted by Crippen LogP contribution is -2.21. The third kappa shape index (κ3) is 2.31. The SMILES string of the molecule is FC1=CCC(C2=C(c3ccncc3)N3CCSC3C2)C=C1. The van der Waals surface area contributed by atoms with Crippen molar-refractivity contribution in [1.29, 1.82) is 0 Å². The van der Waals surface area contributed by atoms with Crippen LogP contribution in [-0.2, 0) is 0 Å². The molecule has 108 valence electrons. The summed E-state index contributed by atoms with van der Waals surface area (Å²) in [5.74, 6) is 1.42. The first-order chi connectivity index (χ1) is 10.3. The Morgan fingerprint density at radius 3 is 2.90 bits per heavy atom. The zero-order valence-corrected chi connectivity index (χ0v) is 12.5. The van der Waals surface area contributed by atoms with Crippen LogP contribution in [0.5, 0.6) is 0 Å². The van der Waals surface area contributed by atoms with Crippen molar-refractivity contribution in [1.82, 2.24) is 9.88 Å². The molecule has 0 amide bonds. The highest BCUT2D eigenvalue weighted by molar-refractivity contribution is 8.00. The number of rotatable bonds is 2. The monoisotopic (exact) mass is 300 g/mol. The van der Waals surface area contributed by atoms with E-state index in [0.29, 0.717) is 11.3 Å². The molecule has 3 aliphatic rings. The van der Waals surface area contributed by atoms with Crippen molar-refractivity contribution >= 4 is 17.5 Å². The molecule has 2 aliphatic heterocycles. The lowest BCUT2D eigenvalue weighted by Gasteiger charge is -2.22. The molecule has 3 heterocycles. The second-order valence-corrected chi connectivity index (χ2v) is 6.91. The zero-order valence-electron chi connectivity index (χ0n) is 11.7. The minimum Gasteiger partial charge on any atom is -0.358 e. The van der Waals surface area contributed by atoms with E-state index >= 15 is 0 Å². The number of fused-ring (bicyclic) bond motifs is 1. The molecule has 21 heavy (non-hydrogen) atoms. The van der Waals surface area contributed by atoms with Crippen LogP contribution in [0.25, 0.3) is 5.70 Å². The van der Waals surface area contributed by atoms with E-state index in [2.05, 4.69) is 22.0 Å². The maximum Gasteiger partial charge on any atom is 0.118 e. The molecular weight excluding hydrogens is 283 g/mol. The predicted molar refractivity (Wildman–Crippen MR) is 85.2 cm³/mol. The molecule has 1 saturated heterocycles. The highest BCUT2D eigenvalue weighted by atomic mass is 32.2. The summed E-state index contributed by atoms with van der Waals surface area (Å²) < 4.78 is 13.2. The van der Waals surface area contributed by atoms with Crippen LogP contribution in [0.3, 0.4) is 0 Å². The topological polar surface area (TPSA) is 16.1 Å². The Labute approximate surface area is 128 Å². The van der Waals surface area contributed by atoms with Crippen LogP contribution in [0, 0.1) is 5.92 Å². The Morgan fingerprint density at radius 1 is 1.29 bits per heavy atom. The van der Waals surface area contributed by atoms with Gasteiger partial charge in [0.2, 0.25) is 0 Å². The van der Waals surface area contributed by atoms with Gasteiger partial charge in [-0.3, -0.25) is 4.98 Å². The molecular formula is C17H17FN2S. The van der Waals surface area contributed by atoms with Crippen molar-refractivity contribution in [3.63, 3.8) is 0 Å². The Kier molecular flexibility index (Phi) is 3.34. The van der Waals surface area contributed by atoms with E-state index in [1.54, 1.807) is 12.2 Å². The lowest BCUT2D eigenvalue weighted by atomic mass is 9.88. The number of allylic oxidation sites excluding steroid dienone is 4. The predicted octanol–water partition coefficient (Wildman–Crippen LogP) is 4.00. The van der Waals surface area contributed by atoms with Crippen LogP contribution in [0.2, 0.25) is 0 Å². The minimum atomic E-state index is -0.106. The van der Waals surface area contributed by atoms with E-state index in [9.17, 15) is 4.39 Å². The van der Waals surface area contributed by atoms with E-state index in [1.807, 2.05) is 30.2 Å². The average Bonchev–Trinajstić information content (AvgIpc) is 3.09. The summed E-state index contributed by atoms with van der Waals surface area (Å²) in [6, 6.07) is 4.17. The molecule has 2 atom stereocenters. The molecule has 4 heteroatoms. The summed E-state index contributed by atoms with van der Waals surface area (Å²) in [6.45, 7) is 1.11. The molecule has 2 nitrogen and oxygen atoms in total. The number of aromatic nitrogens is 1. The molecule has 0 aromatic carbocycles. The Morgan fingerprint density at radius 2 is 2.14 bits per heavy atom. The molecule has 1 fully saturated rings. The molecule has 0 spiro atoms. The standard InChI is InChI=1S/C17H17FN2S/c18-14-3-1-12(2-4-14)15-11-16-20(9-10-21-16)17(15)13-5-7-19-8-6-13/h1,3-8,12,16H,2,9-11H2. The van der Waals surface area contributed by atoms with Gasteiger partial charge in [-0.25, -0.2) is 4.39 Å². The van der Waals surface area contributed by atoms with Crippen molar-refractivity contribution in [3.8, 4) is 0 Å². The summed E-state index contributed by atoms with van der Waals surface area (Å²) in [5, 5.41) is 0.562. The minimum absolute atomic E-state index is 0.106. The van der Waals surface area contributed by atoms with E-state index in [1.165, 1.54) is 22.6 Å². The Balaban J connectivity index is 1.75. The lowest BCUT2D eigenvalue weighted by molar-refractivity contribution is 0.443. The normalized spacial score (nSPS) is 28.0. The van der Waals surface area contributed by atoms with Crippen molar-refractivity contribution in [3.05, 3.63) is 59.7 Å². The van der Waals surface area contributed by atoms with E-state index < -0.39 is 0 Å². The average molecular weight is 300 g/mol. The third-order valence-corrected chi connectivity index (χ3v) is 5.66. The summed E-state index contributed by atoms with van der Waals surface area (Å²) >= 11 is 2.03. The van der Waals surface area contributed by atoms with Gasteiger partial charge < -0.3 is 4.90 Å². The summed E-state index contributed by atoms with van der Waals surface area (Å²) in [6.07, 6.45) is 10.9. The number of halogens is 1. The van der Waals surface area contributed by atoms with Gasteiger partial charge in [-0.15, -0.1) is 11.8 Å². The van der Waals surface area contributed by atoms with Gasteiger partial charge in [-0.2, -0.15) is 0 Å². The summed E-state index contributed by atoms with van der Waals surface area (Å²) in [5.41, 5.74) is 4.06. The van der Waals surface area contributed by atoms with Gasteiger partial charge in [0.25, 0.3) is 0 Å². The second-order valence-electron chi connectivity index (χ2n) is 5.62. The fraction of sp³-hybridized carbons (Fsp3) is 0.353.